The summed E-state index contributed by atoms with van der Waals surface area (Å²) in [5.74, 6) is 0.0935. The van der Waals surface area contributed by atoms with Crippen molar-refractivity contribution >= 4 is 28.4 Å². The first-order chi connectivity index (χ1) is 13.9. The molecule has 0 bridgehead atoms. The lowest BCUT2D eigenvalue weighted by molar-refractivity contribution is -0.122. The Bertz CT molecular complexity index is 1170. The monoisotopic (exact) mass is 387 g/mol. The van der Waals surface area contributed by atoms with Gasteiger partial charge in [-0.15, -0.1) is 0 Å². The third kappa shape index (κ3) is 2.46. The number of carbonyl (C=O) groups is 2. The van der Waals surface area contributed by atoms with Gasteiger partial charge in [-0.1, -0.05) is 30.3 Å². The maximum atomic E-state index is 13.3. The summed E-state index contributed by atoms with van der Waals surface area (Å²) in [6.07, 6.45) is 1.30. The predicted octanol–water partition coefficient (Wildman–Crippen LogP) is 4.22. The van der Waals surface area contributed by atoms with Gasteiger partial charge in [-0.3, -0.25) is 9.59 Å². The van der Waals surface area contributed by atoms with Crippen LogP contribution < -0.4 is 5.32 Å². The van der Waals surface area contributed by atoms with Crippen molar-refractivity contribution in [2.75, 3.05) is 18.4 Å². The Kier molecular flexibility index (Phi) is 3.85. The number of amides is 2. The molecule has 0 aliphatic carbocycles. The second-order valence-corrected chi connectivity index (χ2v) is 8.43. The van der Waals surface area contributed by atoms with Crippen LogP contribution in [-0.4, -0.2) is 34.8 Å². The quantitative estimate of drug-likeness (QED) is 0.657. The van der Waals surface area contributed by atoms with Crippen molar-refractivity contribution < 1.29 is 9.59 Å². The van der Waals surface area contributed by atoms with Crippen LogP contribution in [-0.2, 0) is 10.2 Å². The van der Waals surface area contributed by atoms with Crippen molar-refractivity contribution in [2.45, 2.75) is 39.0 Å². The van der Waals surface area contributed by atoms with Gasteiger partial charge in [-0.25, -0.2) is 0 Å². The predicted molar refractivity (Wildman–Crippen MR) is 114 cm³/mol. The molecule has 5 nitrogen and oxygen atoms in total. The summed E-state index contributed by atoms with van der Waals surface area (Å²) in [5, 5.41) is 4.13. The lowest BCUT2D eigenvalue weighted by Gasteiger charge is -2.38. The Labute approximate surface area is 170 Å². The highest BCUT2D eigenvalue weighted by Gasteiger charge is 2.48. The molecule has 3 aromatic rings. The van der Waals surface area contributed by atoms with Crippen molar-refractivity contribution in [1.82, 2.24) is 9.88 Å². The average Bonchev–Trinajstić information content (AvgIpc) is 3.20. The van der Waals surface area contributed by atoms with Crippen LogP contribution in [0.1, 0.15) is 45.6 Å². The second-order valence-electron chi connectivity index (χ2n) is 8.43. The zero-order valence-electron chi connectivity index (χ0n) is 17.1. The number of aromatic nitrogens is 1. The molecule has 5 heteroatoms. The number of carbonyl (C=O) groups excluding carboxylic acids is 2. The van der Waals surface area contributed by atoms with Crippen molar-refractivity contribution in [1.29, 1.82) is 0 Å². The molecule has 1 aromatic heterocycles. The van der Waals surface area contributed by atoms with Gasteiger partial charge in [0.2, 0.25) is 5.91 Å². The normalized spacial score (nSPS) is 17.6. The smallest absolute Gasteiger partial charge is 0.270 e. The Morgan fingerprint density at radius 3 is 2.48 bits per heavy atom. The molecule has 2 aliphatic rings. The number of aromatic amines is 1. The highest BCUT2D eigenvalue weighted by molar-refractivity contribution is 6.07. The minimum Gasteiger partial charge on any atom is -0.350 e. The van der Waals surface area contributed by atoms with E-state index < -0.39 is 5.41 Å². The van der Waals surface area contributed by atoms with Crippen molar-refractivity contribution in [3.63, 3.8) is 0 Å². The molecule has 1 saturated heterocycles. The Hall–Kier alpha value is -3.08. The summed E-state index contributed by atoms with van der Waals surface area (Å²) < 4.78 is 0. The standard InChI is InChI=1S/C24H25N3O2/c1-14-8-9-17-16(3)21(26-20(17)15(14)2)22(28)27-12-10-24(11-13-27)18-6-4-5-7-19(18)25-23(24)29/h4-9,26H,10-13H2,1-3H3,(H,25,29). The number of fused-ring (bicyclic) bond motifs is 3. The first-order valence-corrected chi connectivity index (χ1v) is 10.2. The Balaban J connectivity index is 1.43. The van der Waals surface area contributed by atoms with E-state index in [0.717, 1.165) is 27.7 Å². The number of H-pyrrole nitrogens is 1. The Morgan fingerprint density at radius 1 is 1.00 bits per heavy atom. The summed E-state index contributed by atoms with van der Waals surface area (Å²) in [4.78, 5) is 31.4. The van der Waals surface area contributed by atoms with Gasteiger partial charge < -0.3 is 15.2 Å². The van der Waals surface area contributed by atoms with Gasteiger partial charge >= 0.3 is 0 Å². The zero-order valence-corrected chi connectivity index (χ0v) is 17.1. The summed E-state index contributed by atoms with van der Waals surface area (Å²) in [6.45, 7) is 7.33. The molecule has 0 atom stereocenters. The Morgan fingerprint density at radius 2 is 1.72 bits per heavy atom. The maximum Gasteiger partial charge on any atom is 0.270 e. The number of para-hydroxylation sites is 1. The van der Waals surface area contributed by atoms with E-state index in [9.17, 15) is 9.59 Å². The molecule has 1 spiro atoms. The van der Waals surface area contributed by atoms with Crippen molar-refractivity contribution in [2.24, 2.45) is 0 Å². The molecule has 3 heterocycles. The van der Waals surface area contributed by atoms with Crippen LogP contribution in [0.25, 0.3) is 10.9 Å². The van der Waals surface area contributed by atoms with Crippen LogP contribution in [0.4, 0.5) is 5.69 Å². The summed E-state index contributed by atoms with van der Waals surface area (Å²) in [6, 6.07) is 12.1. The van der Waals surface area contributed by atoms with Crippen LogP contribution >= 0.6 is 0 Å². The van der Waals surface area contributed by atoms with Crippen LogP contribution in [0.15, 0.2) is 36.4 Å². The van der Waals surface area contributed by atoms with Gasteiger partial charge in [0, 0.05) is 29.7 Å². The number of benzene rings is 2. The average molecular weight is 387 g/mol. The van der Waals surface area contributed by atoms with Gasteiger partial charge in [0.15, 0.2) is 0 Å². The number of likely N-dealkylation sites (tertiary alicyclic amines) is 1. The summed E-state index contributed by atoms with van der Waals surface area (Å²) in [5.41, 5.74) is 6.59. The fraction of sp³-hybridized carbons (Fsp3) is 0.333. The first kappa shape index (κ1) is 18.0. The first-order valence-electron chi connectivity index (χ1n) is 10.2. The number of aryl methyl sites for hydroxylation is 3. The topological polar surface area (TPSA) is 65.2 Å². The van der Waals surface area contributed by atoms with E-state index in [-0.39, 0.29) is 11.8 Å². The third-order valence-corrected chi connectivity index (χ3v) is 7.01. The van der Waals surface area contributed by atoms with E-state index in [4.69, 9.17) is 0 Å². The van der Waals surface area contributed by atoms with Crippen LogP contribution in [0.5, 0.6) is 0 Å². The van der Waals surface area contributed by atoms with Gasteiger partial charge in [-0.2, -0.15) is 0 Å². The van der Waals surface area contributed by atoms with E-state index in [2.05, 4.69) is 36.3 Å². The minimum atomic E-state index is -0.503. The van der Waals surface area contributed by atoms with Crippen LogP contribution in [0, 0.1) is 20.8 Å². The van der Waals surface area contributed by atoms with Gasteiger partial charge in [-0.05, 0) is 61.9 Å². The molecule has 2 amide bonds. The third-order valence-electron chi connectivity index (χ3n) is 7.01. The maximum absolute atomic E-state index is 13.3. The second kappa shape index (κ2) is 6.21. The molecule has 0 radical (unpaired) electrons. The number of piperidine rings is 1. The molecule has 1 fully saturated rings. The number of nitrogens with one attached hydrogen (secondary N) is 2. The molecule has 2 aromatic carbocycles. The number of hydrogen-bond donors (Lipinski definition) is 2. The minimum absolute atomic E-state index is 0.0253. The largest absolute Gasteiger partial charge is 0.350 e. The number of anilines is 1. The van der Waals surface area contributed by atoms with Crippen LogP contribution in [0.2, 0.25) is 0 Å². The molecular formula is C24H25N3O2. The van der Waals surface area contributed by atoms with E-state index >= 15 is 0 Å². The van der Waals surface area contributed by atoms with Crippen LogP contribution in [0.3, 0.4) is 0 Å². The number of rotatable bonds is 1. The van der Waals surface area contributed by atoms with E-state index in [1.54, 1.807) is 0 Å². The van der Waals surface area contributed by atoms with Gasteiger partial charge in [0.05, 0.1) is 5.41 Å². The molecular weight excluding hydrogens is 362 g/mol. The van der Waals surface area contributed by atoms with Gasteiger partial charge in [0.25, 0.3) is 5.91 Å². The van der Waals surface area contributed by atoms with E-state index in [0.29, 0.717) is 31.6 Å². The molecule has 2 N–H and O–H groups in total. The highest BCUT2D eigenvalue weighted by Crippen LogP contribution is 2.45. The lowest BCUT2D eigenvalue weighted by atomic mass is 9.73. The molecule has 29 heavy (non-hydrogen) atoms. The van der Waals surface area contributed by atoms with Crippen molar-refractivity contribution in [3.8, 4) is 0 Å². The highest BCUT2D eigenvalue weighted by atomic mass is 16.2. The summed E-state index contributed by atoms with van der Waals surface area (Å²) >= 11 is 0. The number of nitrogens with zero attached hydrogens (tertiary/aromatic N) is 1. The summed E-state index contributed by atoms with van der Waals surface area (Å²) in [7, 11) is 0. The lowest BCUT2D eigenvalue weighted by Crippen LogP contribution is -2.48. The molecule has 0 unspecified atom stereocenters. The molecule has 148 valence electrons. The fourth-order valence-electron chi connectivity index (χ4n) is 4.98. The van der Waals surface area contributed by atoms with E-state index in [1.165, 1.54) is 11.1 Å². The SMILES string of the molecule is Cc1ccc2c(C)c(C(=O)N3CCC4(CC3)C(=O)Nc3ccccc34)[nH]c2c1C. The molecule has 0 saturated carbocycles. The number of hydrogen-bond acceptors (Lipinski definition) is 2. The molecule has 5 rings (SSSR count). The fourth-order valence-corrected chi connectivity index (χ4v) is 4.98. The molecule has 2 aliphatic heterocycles. The van der Waals surface area contributed by atoms with E-state index in [1.807, 2.05) is 36.1 Å². The van der Waals surface area contributed by atoms with Gasteiger partial charge in [0.1, 0.15) is 5.69 Å². The zero-order chi connectivity index (χ0) is 20.3. The van der Waals surface area contributed by atoms with Crippen molar-refractivity contribution in [3.05, 3.63) is 64.3 Å².